The molecule has 0 radical (unpaired) electrons. The standard InChI is InChI=1S/C13H15N5O4/c1-12(21)10(20)8(4-19)22-13(12,5-14)9-3-2-7-11(15)16-6-17-18(7)9/h2-3,6,8,10,19-21H,4H2,1H3,(H2,15,16,17)/t8-,10+,12?,13+/m1/s1. The van der Waals surface area contributed by atoms with Crippen molar-refractivity contribution in [3.05, 3.63) is 24.2 Å². The van der Waals surface area contributed by atoms with Crippen LogP contribution in [-0.2, 0) is 10.3 Å². The first-order valence-electron chi connectivity index (χ1n) is 6.58. The fraction of sp³-hybridized carbons (Fsp3) is 0.462. The van der Waals surface area contributed by atoms with E-state index in [9.17, 15) is 20.6 Å². The molecule has 9 nitrogen and oxygen atoms in total. The lowest BCUT2D eigenvalue weighted by Crippen LogP contribution is -2.52. The van der Waals surface area contributed by atoms with Gasteiger partial charge in [0.25, 0.3) is 0 Å². The number of rotatable bonds is 2. The van der Waals surface area contributed by atoms with Gasteiger partial charge in [0, 0.05) is 0 Å². The molecule has 0 aromatic carbocycles. The Morgan fingerprint density at radius 1 is 1.55 bits per heavy atom. The molecule has 3 heterocycles. The smallest absolute Gasteiger partial charge is 0.228 e. The summed E-state index contributed by atoms with van der Waals surface area (Å²) in [6.45, 7) is 0.738. The highest BCUT2D eigenvalue weighted by Crippen LogP contribution is 2.47. The van der Waals surface area contributed by atoms with Crippen molar-refractivity contribution < 1.29 is 20.1 Å². The highest BCUT2D eigenvalue weighted by molar-refractivity contribution is 5.66. The molecule has 0 spiro atoms. The SMILES string of the molecule is CC1(O)[C@@H](O)[C@@H](CO)O[C@@]1(C#N)c1ccc2c(N)ncnn12. The predicted octanol–water partition coefficient (Wildman–Crippen LogP) is -1.47. The van der Waals surface area contributed by atoms with Crippen molar-refractivity contribution in [2.45, 2.75) is 30.3 Å². The third-order valence-electron chi connectivity index (χ3n) is 4.15. The number of fused-ring (bicyclic) bond motifs is 1. The number of anilines is 1. The maximum atomic E-state index is 10.7. The van der Waals surface area contributed by atoms with Crippen molar-refractivity contribution in [3.8, 4) is 6.07 Å². The van der Waals surface area contributed by atoms with Gasteiger partial charge in [-0.05, 0) is 19.1 Å². The number of nitrogens with zero attached hydrogens (tertiary/aromatic N) is 4. The van der Waals surface area contributed by atoms with Gasteiger partial charge < -0.3 is 25.8 Å². The predicted molar refractivity (Wildman–Crippen MR) is 73.3 cm³/mol. The van der Waals surface area contributed by atoms with E-state index in [2.05, 4.69) is 10.1 Å². The summed E-state index contributed by atoms with van der Waals surface area (Å²) in [5.74, 6) is 0.200. The molecule has 2 aromatic rings. The zero-order valence-corrected chi connectivity index (χ0v) is 11.7. The molecule has 0 amide bonds. The minimum absolute atomic E-state index is 0.194. The van der Waals surface area contributed by atoms with Crippen LogP contribution in [0.2, 0.25) is 0 Å². The summed E-state index contributed by atoms with van der Waals surface area (Å²) < 4.78 is 6.86. The largest absolute Gasteiger partial charge is 0.394 e. The fourth-order valence-corrected chi connectivity index (χ4v) is 2.85. The number of aromatic nitrogens is 3. The average Bonchev–Trinajstić information content (AvgIpc) is 3.01. The third-order valence-corrected chi connectivity index (χ3v) is 4.15. The Hall–Kier alpha value is -2.25. The van der Waals surface area contributed by atoms with Gasteiger partial charge in [0.05, 0.1) is 12.3 Å². The zero-order valence-electron chi connectivity index (χ0n) is 11.7. The third kappa shape index (κ3) is 1.60. The van der Waals surface area contributed by atoms with Crippen LogP contribution in [0, 0.1) is 11.3 Å². The number of hydrogen-bond donors (Lipinski definition) is 4. The summed E-state index contributed by atoms with van der Waals surface area (Å²) in [5, 5.41) is 43.8. The minimum Gasteiger partial charge on any atom is -0.394 e. The summed E-state index contributed by atoms with van der Waals surface area (Å²) in [7, 11) is 0. The van der Waals surface area contributed by atoms with Crippen LogP contribution in [0.25, 0.3) is 5.52 Å². The van der Waals surface area contributed by atoms with Crippen molar-refractivity contribution in [1.29, 1.82) is 5.26 Å². The summed E-state index contributed by atoms with van der Waals surface area (Å²) in [4.78, 5) is 3.85. The molecule has 1 fully saturated rings. The van der Waals surface area contributed by atoms with Crippen LogP contribution < -0.4 is 5.73 Å². The van der Waals surface area contributed by atoms with Gasteiger partial charge in [-0.1, -0.05) is 0 Å². The quantitative estimate of drug-likeness (QED) is 0.525. The summed E-state index contributed by atoms with van der Waals surface area (Å²) >= 11 is 0. The number of aliphatic hydroxyl groups excluding tert-OH is 2. The number of nitrogen functional groups attached to an aromatic ring is 1. The Labute approximate surface area is 125 Å². The molecule has 1 saturated heterocycles. The van der Waals surface area contributed by atoms with Gasteiger partial charge in [0.15, 0.2) is 5.82 Å². The van der Waals surface area contributed by atoms with E-state index in [1.165, 1.54) is 23.8 Å². The Bertz CT molecular complexity index is 767. The molecule has 1 aliphatic heterocycles. The van der Waals surface area contributed by atoms with E-state index >= 15 is 0 Å². The molecule has 4 atom stereocenters. The highest BCUT2D eigenvalue weighted by atomic mass is 16.6. The molecule has 9 heteroatoms. The Morgan fingerprint density at radius 3 is 2.86 bits per heavy atom. The lowest BCUT2D eigenvalue weighted by Gasteiger charge is -2.33. The number of nitrogens with two attached hydrogens (primary N) is 1. The molecule has 22 heavy (non-hydrogen) atoms. The molecule has 0 saturated carbocycles. The van der Waals surface area contributed by atoms with E-state index < -0.39 is 30.0 Å². The van der Waals surface area contributed by atoms with Gasteiger partial charge in [-0.15, -0.1) is 0 Å². The van der Waals surface area contributed by atoms with Crippen LogP contribution in [0.1, 0.15) is 12.6 Å². The normalized spacial score (nSPS) is 34.9. The van der Waals surface area contributed by atoms with Crippen LogP contribution in [0.15, 0.2) is 18.5 Å². The van der Waals surface area contributed by atoms with Crippen molar-refractivity contribution in [1.82, 2.24) is 14.6 Å². The topological polar surface area (TPSA) is 150 Å². The molecule has 116 valence electrons. The summed E-state index contributed by atoms with van der Waals surface area (Å²) in [5.41, 5.74) is 2.52. The van der Waals surface area contributed by atoms with Crippen LogP contribution in [0.3, 0.4) is 0 Å². The molecule has 1 aliphatic rings. The minimum atomic E-state index is -1.96. The first-order chi connectivity index (χ1) is 10.4. The molecule has 1 unspecified atom stereocenters. The maximum absolute atomic E-state index is 10.7. The summed E-state index contributed by atoms with van der Waals surface area (Å²) in [6, 6.07) is 5.01. The molecule has 5 N–H and O–H groups in total. The monoisotopic (exact) mass is 305 g/mol. The van der Waals surface area contributed by atoms with Gasteiger partial charge in [-0.25, -0.2) is 9.50 Å². The van der Waals surface area contributed by atoms with Gasteiger partial charge in [0.2, 0.25) is 5.60 Å². The van der Waals surface area contributed by atoms with E-state index in [-0.39, 0.29) is 11.5 Å². The van der Waals surface area contributed by atoms with E-state index in [4.69, 9.17) is 10.5 Å². The second-order valence-corrected chi connectivity index (χ2v) is 5.39. The fourth-order valence-electron chi connectivity index (χ4n) is 2.85. The number of ether oxygens (including phenoxy) is 1. The van der Waals surface area contributed by atoms with Crippen molar-refractivity contribution >= 4 is 11.3 Å². The van der Waals surface area contributed by atoms with E-state index in [1.54, 1.807) is 6.07 Å². The van der Waals surface area contributed by atoms with Crippen LogP contribution >= 0.6 is 0 Å². The van der Waals surface area contributed by atoms with Gasteiger partial charge >= 0.3 is 0 Å². The Balaban J connectivity index is 2.27. The van der Waals surface area contributed by atoms with Crippen molar-refractivity contribution in [2.24, 2.45) is 0 Å². The van der Waals surface area contributed by atoms with Gasteiger partial charge in [-0.2, -0.15) is 10.4 Å². The maximum Gasteiger partial charge on any atom is 0.228 e. The molecule has 3 rings (SSSR count). The number of hydrogen-bond acceptors (Lipinski definition) is 8. The Morgan fingerprint density at radius 2 is 2.27 bits per heavy atom. The molecule has 0 aliphatic carbocycles. The average molecular weight is 305 g/mol. The van der Waals surface area contributed by atoms with E-state index in [1.807, 2.05) is 6.07 Å². The molecular formula is C13H15N5O4. The van der Waals surface area contributed by atoms with Crippen LogP contribution in [0.4, 0.5) is 5.82 Å². The van der Waals surface area contributed by atoms with Gasteiger partial charge in [-0.3, -0.25) is 0 Å². The molecule has 0 bridgehead atoms. The lowest BCUT2D eigenvalue weighted by molar-refractivity contribution is -0.109. The second-order valence-electron chi connectivity index (χ2n) is 5.39. The zero-order chi connectivity index (χ0) is 16.1. The molecular weight excluding hydrogens is 290 g/mol. The second kappa shape index (κ2) is 4.62. The van der Waals surface area contributed by atoms with Crippen LogP contribution in [0.5, 0.6) is 0 Å². The van der Waals surface area contributed by atoms with Crippen molar-refractivity contribution in [2.75, 3.05) is 12.3 Å². The highest BCUT2D eigenvalue weighted by Gasteiger charge is 2.65. The first kappa shape index (κ1) is 14.7. The first-order valence-corrected chi connectivity index (χ1v) is 6.58. The van der Waals surface area contributed by atoms with Gasteiger partial charge in [0.1, 0.15) is 35.7 Å². The summed E-state index contributed by atoms with van der Waals surface area (Å²) in [6.07, 6.45) is -1.33. The Kier molecular flexibility index (Phi) is 3.08. The van der Waals surface area contributed by atoms with E-state index in [0.29, 0.717) is 5.52 Å². The molecule has 2 aromatic heterocycles. The van der Waals surface area contributed by atoms with Crippen molar-refractivity contribution in [3.63, 3.8) is 0 Å². The lowest BCUT2D eigenvalue weighted by atomic mass is 9.80. The number of nitriles is 1. The van der Waals surface area contributed by atoms with E-state index in [0.717, 1.165) is 0 Å². The number of aliphatic hydroxyl groups is 3. The van der Waals surface area contributed by atoms with Crippen LogP contribution in [-0.4, -0.2) is 54.3 Å².